The Morgan fingerprint density at radius 1 is 1.33 bits per heavy atom. The molecule has 2 aromatic rings. The van der Waals surface area contributed by atoms with E-state index in [9.17, 15) is 0 Å². The maximum atomic E-state index is 5.38. The Bertz CT molecular complexity index is 609. The summed E-state index contributed by atoms with van der Waals surface area (Å²) < 4.78 is 5.38. The molecule has 0 saturated carbocycles. The molecule has 6 nitrogen and oxygen atoms in total. The van der Waals surface area contributed by atoms with Gasteiger partial charge in [0.05, 0.1) is 18.6 Å². The van der Waals surface area contributed by atoms with Crippen molar-refractivity contribution in [2.75, 3.05) is 43.6 Å². The standard InChI is InChI=1S/C14H21N5OS/c1-3-4-15-14-16-12(18-19-5-7-20-8-6-19)11-9-10(2)21-13(11)17-14/h9H,3-8H2,1-2H3,(H2,15,16,17,18). The summed E-state index contributed by atoms with van der Waals surface area (Å²) in [5.74, 6) is 1.58. The van der Waals surface area contributed by atoms with E-state index in [1.54, 1.807) is 11.3 Å². The molecule has 0 bridgehead atoms. The first-order valence-electron chi connectivity index (χ1n) is 7.37. The molecule has 0 aliphatic carbocycles. The van der Waals surface area contributed by atoms with Crippen LogP contribution in [0.1, 0.15) is 18.2 Å². The van der Waals surface area contributed by atoms with Crippen LogP contribution in [0, 0.1) is 6.92 Å². The van der Waals surface area contributed by atoms with Gasteiger partial charge in [-0.2, -0.15) is 4.98 Å². The van der Waals surface area contributed by atoms with E-state index >= 15 is 0 Å². The lowest BCUT2D eigenvalue weighted by Crippen LogP contribution is -2.40. The molecule has 0 unspecified atom stereocenters. The molecule has 21 heavy (non-hydrogen) atoms. The van der Waals surface area contributed by atoms with Crippen LogP contribution in [0.3, 0.4) is 0 Å². The molecule has 1 aliphatic heterocycles. The fraction of sp³-hybridized carbons (Fsp3) is 0.571. The number of nitrogens with zero attached hydrogens (tertiary/aromatic N) is 3. The van der Waals surface area contributed by atoms with E-state index in [0.717, 1.165) is 55.3 Å². The van der Waals surface area contributed by atoms with Crippen LogP contribution in [0.2, 0.25) is 0 Å². The average Bonchev–Trinajstić information content (AvgIpc) is 2.87. The lowest BCUT2D eigenvalue weighted by molar-refractivity contribution is 0.0495. The molecule has 0 aromatic carbocycles. The molecule has 0 atom stereocenters. The fourth-order valence-corrected chi connectivity index (χ4v) is 3.15. The summed E-state index contributed by atoms with van der Waals surface area (Å²) in [6.07, 6.45) is 1.05. The predicted molar refractivity (Wildman–Crippen MR) is 86.9 cm³/mol. The molecule has 2 aromatic heterocycles. The quantitative estimate of drug-likeness (QED) is 0.885. The molecule has 3 heterocycles. The van der Waals surface area contributed by atoms with Crippen LogP contribution >= 0.6 is 11.3 Å². The highest BCUT2D eigenvalue weighted by Crippen LogP contribution is 2.29. The van der Waals surface area contributed by atoms with Crippen molar-refractivity contribution in [1.29, 1.82) is 0 Å². The van der Waals surface area contributed by atoms with Gasteiger partial charge in [0.1, 0.15) is 4.83 Å². The minimum Gasteiger partial charge on any atom is -0.379 e. The van der Waals surface area contributed by atoms with E-state index in [1.165, 1.54) is 4.88 Å². The van der Waals surface area contributed by atoms with E-state index in [2.05, 4.69) is 45.6 Å². The first kappa shape index (κ1) is 14.5. The zero-order valence-corrected chi connectivity index (χ0v) is 13.3. The molecule has 0 radical (unpaired) electrons. The minimum absolute atomic E-state index is 0.696. The van der Waals surface area contributed by atoms with Gasteiger partial charge in [-0.05, 0) is 19.4 Å². The number of rotatable bonds is 5. The van der Waals surface area contributed by atoms with Crippen molar-refractivity contribution in [3.05, 3.63) is 10.9 Å². The lowest BCUT2D eigenvalue weighted by atomic mass is 10.3. The Balaban J connectivity index is 1.89. The topological polar surface area (TPSA) is 62.3 Å². The first-order chi connectivity index (χ1) is 10.3. The van der Waals surface area contributed by atoms with Crippen LogP contribution < -0.4 is 10.7 Å². The number of morpholine rings is 1. The number of hydrogen-bond acceptors (Lipinski definition) is 7. The molecular weight excluding hydrogens is 286 g/mol. The summed E-state index contributed by atoms with van der Waals surface area (Å²) in [7, 11) is 0. The SMILES string of the molecule is CCCNc1nc(NN2CCOCC2)c2cc(C)sc2n1. The number of hydrazine groups is 1. The summed E-state index contributed by atoms with van der Waals surface area (Å²) >= 11 is 1.70. The minimum atomic E-state index is 0.696. The Hall–Kier alpha value is -1.44. The second-order valence-corrected chi connectivity index (χ2v) is 6.34. The highest BCUT2D eigenvalue weighted by molar-refractivity contribution is 7.18. The highest BCUT2D eigenvalue weighted by Gasteiger charge is 2.15. The third kappa shape index (κ3) is 3.42. The van der Waals surface area contributed by atoms with Crippen LogP contribution in [0.4, 0.5) is 11.8 Å². The zero-order chi connectivity index (χ0) is 14.7. The molecule has 1 fully saturated rings. The molecule has 0 spiro atoms. The fourth-order valence-electron chi connectivity index (χ4n) is 2.27. The van der Waals surface area contributed by atoms with E-state index in [0.29, 0.717) is 5.95 Å². The Morgan fingerprint density at radius 3 is 2.90 bits per heavy atom. The Labute approximate surface area is 128 Å². The Kier molecular flexibility index (Phi) is 4.52. The smallest absolute Gasteiger partial charge is 0.226 e. The van der Waals surface area contributed by atoms with E-state index < -0.39 is 0 Å². The molecular formula is C14H21N5OS. The molecule has 3 rings (SSSR count). The van der Waals surface area contributed by atoms with Gasteiger partial charge in [0.15, 0.2) is 5.82 Å². The van der Waals surface area contributed by atoms with Gasteiger partial charge in [0.25, 0.3) is 0 Å². The highest BCUT2D eigenvalue weighted by atomic mass is 32.1. The van der Waals surface area contributed by atoms with Gasteiger partial charge in [-0.3, -0.25) is 0 Å². The molecule has 1 aliphatic rings. The van der Waals surface area contributed by atoms with Crippen LogP contribution in [0.25, 0.3) is 10.2 Å². The van der Waals surface area contributed by atoms with Gasteiger partial charge in [0, 0.05) is 24.5 Å². The number of ether oxygens (including phenoxy) is 1. The van der Waals surface area contributed by atoms with Crippen molar-refractivity contribution in [2.45, 2.75) is 20.3 Å². The summed E-state index contributed by atoms with van der Waals surface area (Å²) in [6, 6.07) is 2.15. The molecule has 7 heteroatoms. The average molecular weight is 307 g/mol. The van der Waals surface area contributed by atoms with Gasteiger partial charge in [-0.1, -0.05) is 6.92 Å². The lowest BCUT2D eigenvalue weighted by Gasteiger charge is -2.27. The summed E-state index contributed by atoms with van der Waals surface area (Å²) in [4.78, 5) is 11.5. The number of anilines is 2. The molecule has 114 valence electrons. The van der Waals surface area contributed by atoms with Gasteiger partial charge in [0.2, 0.25) is 5.95 Å². The summed E-state index contributed by atoms with van der Waals surface area (Å²) in [6.45, 7) is 8.36. The van der Waals surface area contributed by atoms with Gasteiger partial charge in [-0.15, -0.1) is 11.3 Å². The molecule has 2 N–H and O–H groups in total. The van der Waals surface area contributed by atoms with Crippen molar-refractivity contribution >= 4 is 33.3 Å². The van der Waals surface area contributed by atoms with Crippen LogP contribution in [0.5, 0.6) is 0 Å². The number of hydrogen-bond donors (Lipinski definition) is 2. The predicted octanol–water partition coefficient (Wildman–Crippen LogP) is 2.48. The maximum absolute atomic E-state index is 5.38. The monoisotopic (exact) mass is 307 g/mol. The largest absolute Gasteiger partial charge is 0.379 e. The molecule has 0 amide bonds. The number of fused-ring (bicyclic) bond motifs is 1. The third-order valence-corrected chi connectivity index (χ3v) is 4.27. The van der Waals surface area contributed by atoms with Crippen molar-refractivity contribution in [3.8, 4) is 0 Å². The van der Waals surface area contributed by atoms with Crippen molar-refractivity contribution in [3.63, 3.8) is 0 Å². The second kappa shape index (κ2) is 6.55. The van der Waals surface area contributed by atoms with Crippen LogP contribution in [-0.2, 0) is 4.74 Å². The van der Waals surface area contributed by atoms with Gasteiger partial charge < -0.3 is 15.5 Å². The van der Waals surface area contributed by atoms with E-state index in [1.807, 2.05) is 0 Å². The number of aromatic nitrogens is 2. The zero-order valence-electron chi connectivity index (χ0n) is 12.5. The van der Waals surface area contributed by atoms with Crippen molar-refractivity contribution in [1.82, 2.24) is 15.0 Å². The number of aryl methyl sites for hydroxylation is 1. The normalized spacial score (nSPS) is 16.3. The number of nitrogens with one attached hydrogen (secondary N) is 2. The Morgan fingerprint density at radius 2 is 2.14 bits per heavy atom. The van der Waals surface area contributed by atoms with Gasteiger partial charge >= 0.3 is 0 Å². The van der Waals surface area contributed by atoms with Gasteiger partial charge in [-0.25, -0.2) is 9.99 Å². The summed E-state index contributed by atoms with van der Waals surface area (Å²) in [5.41, 5.74) is 3.42. The second-order valence-electron chi connectivity index (χ2n) is 5.11. The van der Waals surface area contributed by atoms with E-state index in [4.69, 9.17) is 4.74 Å². The van der Waals surface area contributed by atoms with E-state index in [-0.39, 0.29) is 0 Å². The first-order valence-corrected chi connectivity index (χ1v) is 8.19. The third-order valence-electron chi connectivity index (χ3n) is 3.32. The van der Waals surface area contributed by atoms with Crippen LogP contribution in [0.15, 0.2) is 6.07 Å². The molecule has 1 saturated heterocycles. The van der Waals surface area contributed by atoms with Crippen molar-refractivity contribution < 1.29 is 4.74 Å². The number of thiophene rings is 1. The summed E-state index contributed by atoms with van der Waals surface area (Å²) in [5, 5.41) is 6.52. The van der Waals surface area contributed by atoms with Crippen LogP contribution in [-0.4, -0.2) is 47.8 Å². The van der Waals surface area contributed by atoms with Crippen molar-refractivity contribution in [2.24, 2.45) is 0 Å². The maximum Gasteiger partial charge on any atom is 0.226 e.